The first kappa shape index (κ1) is 21.8. The lowest BCUT2D eigenvalue weighted by Crippen LogP contribution is -1.93. The highest BCUT2D eigenvalue weighted by Crippen LogP contribution is 2.26. The lowest BCUT2D eigenvalue weighted by molar-refractivity contribution is 1.05. The van der Waals surface area contributed by atoms with Crippen molar-refractivity contribution in [3.8, 4) is 22.5 Å². The molecule has 0 amide bonds. The molecule has 0 radical (unpaired) electrons. The van der Waals surface area contributed by atoms with Crippen LogP contribution in [0.4, 0.5) is 0 Å². The van der Waals surface area contributed by atoms with Crippen LogP contribution in [0.5, 0.6) is 0 Å². The fourth-order valence-electron chi connectivity index (χ4n) is 3.85. The summed E-state index contributed by atoms with van der Waals surface area (Å²) >= 11 is 0. The van der Waals surface area contributed by atoms with Gasteiger partial charge in [-0.2, -0.15) is 5.10 Å². The Labute approximate surface area is 192 Å². The number of nitrogens with zero attached hydrogens (tertiary/aromatic N) is 1. The number of rotatable bonds is 2. The van der Waals surface area contributed by atoms with Crippen molar-refractivity contribution in [3.05, 3.63) is 113 Å². The van der Waals surface area contributed by atoms with Crippen molar-refractivity contribution in [2.45, 2.75) is 14.4 Å². The summed E-state index contributed by atoms with van der Waals surface area (Å²) in [6.45, 7) is 2.01. The van der Waals surface area contributed by atoms with Crippen molar-refractivity contribution >= 4 is 21.5 Å². The molecular weight excluding hydrogens is 408 g/mol. The molecule has 0 fully saturated rings. The molecule has 0 saturated heterocycles. The lowest BCUT2D eigenvalue weighted by Gasteiger charge is -2.03. The van der Waals surface area contributed by atoms with Crippen molar-refractivity contribution in [1.82, 2.24) is 20.4 Å². The van der Waals surface area contributed by atoms with Gasteiger partial charge in [-0.1, -0.05) is 86.3 Å². The summed E-state index contributed by atoms with van der Waals surface area (Å²) in [5, 5.41) is 17.5. The number of nitrogens with one attached hydrogen (secondary N) is 3. The van der Waals surface area contributed by atoms with Crippen LogP contribution >= 0.6 is 0 Å². The Morgan fingerprint density at radius 2 is 1.42 bits per heavy atom. The molecule has 0 bridgehead atoms. The molecule has 164 valence electrons. The monoisotopic (exact) mass is 434 g/mol. The zero-order valence-electron chi connectivity index (χ0n) is 17.6. The molecule has 0 aliphatic heterocycles. The van der Waals surface area contributed by atoms with Gasteiger partial charge in [-0.15, -0.1) is 0 Å². The predicted octanol–water partition coefficient (Wildman–Crippen LogP) is 6.70. The smallest absolute Gasteiger partial charge is 0.264 e. The maximum absolute atomic E-state index is 11.1. The molecule has 0 saturated carbocycles. The molecule has 0 unspecified atom stereocenters. The van der Waals surface area contributed by atoms with E-state index in [0.717, 1.165) is 33.6 Å². The zero-order chi connectivity index (χ0) is 21.9. The summed E-state index contributed by atoms with van der Waals surface area (Å²) in [6.07, 6.45) is 0. The van der Waals surface area contributed by atoms with E-state index in [4.69, 9.17) is 0 Å². The van der Waals surface area contributed by atoms with E-state index in [1.54, 1.807) is 6.07 Å². The Kier molecular flexibility index (Phi) is 6.22. The van der Waals surface area contributed by atoms with E-state index >= 15 is 0 Å². The van der Waals surface area contributed by atoms with Crippen molar-refractivity contribution < 1.29 is 0 Å². The molecule has 0 spiro atoms. The van der Waals surface area contributed by atoms with Gasteiger partial charge in [0.1, 0.15) is 0 Å². The molecule has 0 aliphatic carbocycles. The van der Waals surface area contributed by atoms with Crippen molar-refractivity contribution in [1.29, 1.82) is 0 Å². The number of aromatic nitrogens is 4. The average Bonchev–Trinajstić information content (AvgIpc) is 3.47. The number of aromatic amines is 3. The zero-order valence-corrected chi connectivity index (χ0v) is 17.6. The minimum Gasteiger partial charge on any atom is -0.298 e. The first-order chi connectivity index (χ1) is 15.7. The molecule has 0 atom stereocenters. The Morgan fingerprint density at radius 1 is 0.697 bits per heavy atom. The molecular formula is C28H26N4O. The van der Waals surface area contributed by atoms with Gasteiger partial charge in [0.25, 0.3) is 5.56 Å². The van der Waals surface area contributed by atoms with Crippen LogP contribution < -0.4 is 5.56 Å². The fraction of sp³-hybridized carbons (Fsp3) is 0.0714. The lowest BCUT2D eigenvalue weighted by atomic mass is 10.0. The van der Waals surface area contributed by atoms with Crippen LogP contribution in [0.2, 0.25) is 0 Å². The number of H-pyrrole nitrogens is 3. The normalized spacial score (nSPS) is 10.5. The molecule has 5 heteroatoms. The van der Waals surface area contributed by atoms with E-state index in [2.05, 4.69) is 87.1 Å². The fourth-order valence-corrected chi connectivity index (χ4v) is 3.85. The van der Waals surface area contributed by atoms with E-state index in [1.165, 1.54) is 16.2 Å². The summed E-state index contributed by atoms with van der Waals surface area (Å²) in [5.41, 5.74) is 5.00. The number of hydrogen-bond donors (Lipinski definition) is 3. The van der Waals surface area contributed by atoms with Gasteiger partial charge in [0.15, 0.2) is 0 Å². The topological polar surface area (TPSA) is 77.3 Å². The molecule has 4 aromatic carbocycles. The first-order valence-corrected chi connectivity index (χ1v) is 10.4. The highest BCUT2D eigenvalue weighted by molar-refractivity contribution is 5.95. The average molecular weight is 435 g/mol. The summed E-state index contributed by atoms with van der Waals surface area (Å²) in [4.78, 5) is 11.1. The van der Waals surface area contributed by atoms with E-state index in [0.29, 0.717) is 0 Å². The number of benzene rings is 4. The van der Waals surface area contributed by atoms with E-state index < -0.39 is 0 Å². The Morgan fingerprint density at radius 3 is 2.15 bits per heavy atom. The molecule has 2 aromatic heterocycles. The summed E-state index contributed by atoms with van der Waals surface area (Å²) in [7, 11) is 0. The molecule has 2 heterocycles. The van der Waals surface area contributed by atoms with Gasteiger partial charge in [-0.25, -0.2) is 0 Å². The van der Waals surface area contributed by atoms with Crippen LogP contribution in [-0.2, 0) is 0 Å². The Balaban J connectivity index is 0.000000152. The summed E-state index contributed by atoms with van der Waals surface area (Å²) in [6, 6.07) is 32.6. The van der Waals surface area contributed by atoms with Crippen molar-refractivity contribution in [2.24, 2.45) is 0 Å². The van der Waals surface area contributed by atoms with E-state index in [-0.39, 0.29) is 13.0 Å². The minimum absolute atomic E-state index is 0. The quantitative estimate of drug-likeness (QED) is 0.284. The number of aryl methyl sites for hydroxylation is 1. The van der Waals surface area contributed by atoms with Crippen molar-refractivity contribution in [2.75, 3.05) is 0 Å². The molecule has 0 aliphatic rings. The van der Waals surface area contributed by atoms with Gasteiger partial charge in [0.05, 0.1) is 11.4 Å². The van der Waals surface area contributed by atoms with Crippen LogP contribution in [0.25, 0.3) is 44.1 Å². The maximum Gasteiger partial charge on any atom is 0.264 e. The molecule has 3 N–H and O–H groups in total. The maximum atomic E-state index is 11.1. The Hall–Kier alpha value is -4.38. The largest absolute Gasteiger partial charge is 0.298 e. The van der Waals surface area contributed by atoms with Gasteiger partial charge in [-0.3, -0.25) is 20.1 Å². The number of fused-ring (bicyclic) bond motifs is 2. The van der Waals surface area contributed by atoms with E-state index in [1.807, 2.05) is 31.2 Å². The standard InChI is InChI=1S/C14H12N2.C13H10N2O.CH4/c1-10-8-14(16-15-10)13-7-6-11-4-2-3-5-12(11)9-13;16-13-8-12(14-15-13)11-7-3-5-9-4-1-2-6-10(9)11;/h2-9H,1H3,(H,15,16);1-8H,(H2,14,15,16);1H4. The predicted molar refractivity (Wildman–Crippen MR) is 137 cm³/mol. The van der Waals surface area contributed by atoms with Crippen molar-refractivity contribution in [3.63, 3.8) is 0 Å². The van der Waals surface area contributed by atoms with Crippen LogP contribution in [0.1, 0.15) is 13.1 Å². The second kappa shape index (κ2) is 9.40. The van der Waals surface area contributed by atoms with Gasteiger partial charge in [0, 0.05) is 22.9 Å². The van der Waals surface area contributed by atoms with Gasteiger partial charge < -0.3 is 0 Å². The second-order valence-electron chi connectivity index (χ2n) is 7.70. The first-order valence-electron chi connectivity index (χ1n) is 10.4. The molecule has 6 aromatic rings. The van der Waals surface area contributed by atoms with Gasteiger partial charge >= 0.3 is 0 Å². The van der Waals surface area contributed by atoms with E-state index in [9.17, 15) is 4.79 Å². The SMILES string of the molecule is C.Cc1cc(-c2ccc3ccccc3c2)n[nH]1.O=c1cc(-c2cccc3ccccc23)[nH][nH]1. The highest BCUT2D eigenvalue weighted by atomic mass is 16.1. The summed E-state index contributed by atoms with van der Waals surface area (Å²) < 4.78 is 0. The van der Waals surface area contributed by atoms with Crippen LogP contribution in [-0.4, -0.2) is 20.4 Å². The third-order valence-electron chi connectivity index (χ3n) is 5.43. The van der Waals surface area contributed by atoms with Crippen LogP contribution in [0.15, 0.2) is 102 Å². The molecule has 6 rings (SSSR count). The second-order valence-corrected chi connectivity index (χ2v) is 7.70. The third-order valence-corrected chi connectivity index (χ3v) is 5.43. The third kappa shape index (κ3) is 4.62. The van der Waals surface area contributed by atoms with Crippen LogP contribution in [0, 0.1) is 6.92 Å². The Bertz CT molecular complexity index is 1570. The highest BCUT2D eigenvalue weighted by Gasteiger charge is 2.05. The molecule has 33 heavy (non-hydrogen) atoms. The summed E-state index contributed by atoms with van der Waals surface area (Å²) in [5.74, 6) is 0. The minimum atomic E-state index is -0.108. The van der Waals surface area contributed by atoms with Gasteiger partial charge in [-0.05, 0) is 40.6 Å². The van der Waals surface area contributed by atoms with Gasteiger partial charge in [0.2, 0.25) is 0 Å². The van der Waals surface area contributed by atoms with Crippen LogP contribution in [0.3, 0.4) is 0 Å². The number of hydrogen-bond acceptors (Lipinski definition) is 2. The molecule has 5 nitrogen and oxygen atoms in total.